The molecule has 8 heteroatoms. The number of hydrogen-bond donors (Lipinski definition) is 4. The fraction of sp³-hybridized carbons (Fsp3) is 0.364. The molecule has 0 aliphatic heterocycles. The predicted molar refractivity (Wildman–Crippen MR) is 70.8 cm³/mol. The van der Waals surface area contributed by atoms with Crippen LogP contribution in [0.2, 0.25) is 0 Å². The molecule has 0 aliphatic rings. The van der Waals surface area contributed by atoms with E-state index in [0.717, 1.165) is 0 Å². The van der Waals surface area contributed by atoms with E-state index >= 15 is 0 Å². The first-order valence-corrected chi connectivity index (χ1v) is 5.71. The van der Waals surface area contributed by atoms with Gasteiger partial charge in [-0.2, -0.15) is 5.53 Å². The van der Waals surface area contributed by atoms with E-state index in [4.69, 9.17) is 11.6 Å². The van der Waals surface area contributed by atoms with Gasteiger partial charge in [0.1, 0.15) is 0 Å². The molecule has 0 aromatic heterocycles. The van der Waals surface area contributed by atoms with E-state index < -0.39 is 11.0 Å². The minimum absolute atomic E-state index is 0.0528. The van der Waals surface area contributed by atoms with E-state index in [0.29, 0.717) is 17.7 Å². The van der Waals surface area contributed by atoms with Crippen molar-refractivity contribution in [2.45, 2.75) is 25.8 Å². The van der Waals surface area contributed by atoms with Gasteiger partial charge in [-0.15, -0.1) is 0 Å². The predicted octanol–water partition coefficient (Wildman–Crippen LogP) is 0.0351. The largest absolute Gasteiger partial charge is 0.399 e. The van der Waals surface area contributed by atoms with Gasteiger partial charge in [-0.05, 0) is 25.0 Å². The van der Waals surface area contributed by atoms with E-state index in [1.54, 1.807) is 13.0 Å². The monoisotopic (exact) mass is 267 g/mol. The first-order chi connectivity index (χ1) is 8.93. The molecule has 8 nitrogen and oxygen atoms in total. The maximum atomic E-state index is 11.7. The van der Waals surface area contributed by atoms with Crippen LogP contribution in [-0.2, 0) is 11.2 Å². The number of ketones is 1. The fourth-order valence-electron chi connectivity index (χ4n) is 1.64. The van der Waals surface area contributed by atoms with Gasteiger partial charge in [-0.25, -0.2) is 5.43 Å². The lowest BCUT2D eigenvalue weighted by molar-refractivity contribution is -0.384. The standard InChI is InChI=1S/C11H17N5O3/c1-7(14-15-13)11(17)3-2-8-4-9(12)6-10(5-8)16(18)19/h4-7,14-15H,2-3,12-13H2,1H3. The van der Waals surface area contributed by atoms with Gasteiger partial charge in [-0.1, -0.05) is 0 Å². The number of nitro benzene ring substituents is 1. The Morgan fingerprint density at radius 3 is 2.74 bits per heavy atom. The van der Waals surface area contributed by atoms with Gasteiger partial charge in [0, 0.05) is 24.2 Å². The van der Waals surface area contributed by atoms with Crippen molar-refractivity contribution in [3.05, 3.63) is 33.9 Å². The first-order valence-electron chi connectivity index (χ1n) is 5.71. The molecule has 0 bridgehead atoms. The number of aryl methyl sites for hydroxylation is 1. The summed E-state index contributed by atoms with van der Waals surface area (Å²) in [5, 5.41) is 10.7. The highest BCUT2D eigenvalue weighted by Gasteiger charge is 2.13. The van der Waals surface area contributed by atoms with E-state index in [1.807, 2.05) is 0 Å². The zero-order chi connectivity index (χ0) is 14.4. The SMILES string of the molecule is CC(NNN)C(=O)CCc1cc(N)cc([N+](=O)[O-])c1. The Morgan fingerprint density at radius 2 is 2.16 bits per heavy atom. The van der Waals surface area contributed by atoms with Gasteiger partial charge < -0.3 is 5.73 Å². The summed E-state index contributed by atoms with van der Waals surface area (Å²) < 4.78 is 0. The molecule has 0 radical (unpaired) electrons. The van der Waals surface area contributed by atoms with Crippen LogP contribution in [0.1, 0.15) is 18.9 Å². The normalized spacial score (nSPS) is 12.1. The highest BCUT2D eigenvalue weighted by molar-refractivity contribution is 5.83. The average Bonchev–Trinajstić information content (AvgIpc) is 2.35. The number of nitrogens with one attached hydrogen (secondary N) is 2. The third-order valence-corrected chi connectivity index (χ3v) is 2.65. The number of carbonyl (C=O) groups excluding carboxylic acids is 1. The molecule has 1 aromatic rings. The zero-order valence-corrected chi connectivity index (χ0v) is 10.6. The topological polar surface area (TPSA) is 136 Å². The third-order valence-electron chi connectivity index (χ3n) is 2.65. The molecule has 0 heterocycles. The fourth-order valence-corrected chi connectivity index (χ4v) is 1.64. The van der Waals surface area contributed by atoms with E-state index in [1.165, 1.54) is 12.1 Å². The molecule has 0 spiro atoms. The molecule has 1 atom stereocenters. The molecule has 0 fully saturated rings. The minimum Gasteiger partial charge on any atom is -0.399 e. The van der Waals surface area contributed by atoms with Gasteiger partial charge in [0.2, 0.25) is 0 Å². The first kappa shape index (κ1) is 15.0. The highest BCUT2D eigenvalue weighted by atomic mass is 16.6. The molecule has 19 heavy (non-hydrogen) atoms. The second-order valence-electron chi connectivity index (χ2n) is 4.17. The lowest BCUT2D eigenvalue weighted by Crippen LogP contribution is -2.47. The van der Waals surface area contributed by atoms with Crippen LogP contribution in [0.3, 0.4) is 0 Å². The Labute approximate surface area is 110 Å². The van der Waals surface area contributed by atoms with Crippen LogP contribution in [-0.4, -0.2) is 16.7 Å². The van der Waals surface area contributed by atoms with Crippen LogP contribution in [0.25, 0.3) is 0 Å². The van der Waals surface area contributed by atoms with E-state index in [9.17, 15) is 14.9 Å². The van der Waals surface area contributed by atoms with Crippen molar-refractivity contribution in [1.29, 1.82) is 0 Å². The Kier molecular flexibility index (Phi) is 5.37. The summed E-state index contributed by atoms with van der Waals surface area (Å²) in [6, 6.07) is 3.90. The summed E-state index contributed by atoms with van der Waals surface area (Å²) in [4.78, 5) is 21.9. The van der Waals surface area contributed by atoms with Crippen LogP contribution >= 0.6 is 0 Å². The molecule has 0 amide bonds. The second kappa shape index (κ2) is 6.78. The van der Waals surface area contributed by atoms with Crippen LogP contribution in [0.5, 0.6) is 0 Å². The number of hydrazine groups is 2. The summed E-state index contributed by atoms with van der Waals surface area (Å²) >= 11 is 0. The molecule has 0 saturated heterocycles. The molecule has 104 valence electrons. The average molecular weight is 267 g/mol. The number of nitrogens with two attached hydrogens (primary N) is 2. The quantitative estimate of drug-likeness (QED) is 0.237. The minimum atomic E-state index is -0.510. The van der Waals surface area contributed by atoms with Crippen molar-refractivity contribution in [2.24, 2.45) is 5.84 Å². The van der Waals surface area contributed by atoms with Crippen molar-refractivity contribution in [3.63, 3.8) is 0 Å². The van der Waals surface area contributed by atoms with Gasteiger partial charge in [0.25, 0.3) is 5.69 Å². The molecule has 1 aromatic carbocycles. The molecule has 1 unspecified atom stereocenters. The molecular formula is C11H17N5O3. The number of anilines is 1. The second-order valence-corrected chi connectivity index (χ2v) is 4.17. The Morgan fingerprint density at radius 1 is 1.47 bits per heavy atom. The van der Waals surface area contributed by atoms with Gasteiger partial charge in [0.05, 0.1) is 11.0 Å². The van der Waals surface area contributed by atoms with Crippen LogP contribution in [0.4, 0.5) is 11.4 Å². The molecule has 1 rings (SSSR count). The number of Topliss-reactive ketones (excluding diaryl/α,β-unsaturated/α-hetero) is 1. The van der Waals surface area contributed by atoms with Crippen LogP contribution in [0, 0.1) is 10.1 Å². The summed E-state index contributed by atoms with van der Waals surface area (Å²) in [5.41, 5.74) is 11.2. The number of rotatable bonds is 7. The van der Waals surface area contributed by atoms with E-state index in [-0.39, 0.29) is 17.9 Å². The Balaban J connectivity index is 2.67. The van der Waals surface area contributed by atoms with Crippen molar-refractivity contribution in [3.8, 4) is 0 Å². The van der Waals surface area contributed by atoms with Crippen molar-refractivity contribution >= 4 is 17.2 Å². The summed E-state index contributed by atoms with van der Waals surface area (Å²) in [7, 11) is 0. The number of carbonyl (C=O) groups is 1. The summed E-state index contributed by atoms with van der Waals surface area (Å²) in [5.74, 6) is 4.99. The lowest BCUT2D eigenvalue weighted by Gasteiger charge is -2.11. The van der Waals surface area contributed by atoms with Crippen molar-refractivity contribution < 1.29 is 9.72 Å². The summed E-state index contributed by atoms with van der Waals surface area (Å²) in [6.45, 7) is 1.67. The molecule has 0 saturated carbocycles. The van der Waals surface area contributed by atoms with Crippen molar-refractivity contribution in [1.82, 2.24) is 11.0 Å². The third kappa shape index (κ3) is 4.62. The van der Waals surface area contributed by atoms with E-state index in [2.05, 4.69) is 11.0 Å². The van der Waals surface area contributed by atoms with Gasteiger partial charge >= 0.3 is 0 Å². The lowest BCUT2D eigenvalue weighted by atomic mass is 10.0. The number of nitrogens with zero attached hydrogens (tertiary/aromatic N) is 1. The van der Waals surface area contributed by atoms with Crippen molar-refractivity contribution in [2.75, 3.05) is 5.73 Å². The number of hydrogen-bond acceptors (Lipinski definition) is 7. The number of non-ortho nitro benzene ring substituents is 1. The zero-order valence-electron chi connectivity index (χ0n) is 10.6. The van der Waals surface area contributed by atoms with Gasteiger partial charge in [0.15, 0.2) is 5.78 Å². The molecule has 6 N–H and O–H groups in total. The van der Waals surface area contributed by atoms with Gasteiger partial charge in [-0.3, -0.25) is 20.8 Å². The van der Waals surface area contributed by atoms with Crippen LogP contribution < -0.4 is 22.5 Å². The smallest absolute Gasteiger partial charge is 0.271 e. The maximum absolute atomic E-state index is 11.7. The number of nitrogen functional groups attached to an aromatic ring is 1. The van der Waals surface area contributed by atoms with Crippen LogP contribution in [0.15, 0.2) is 18.2 Å². The highest BCUT2D eigenvalue weighted by Crippen LogP contribution is 2.19. The summed E-state index contributed by atoms with van der Waals surface area (Å²) in [6.07, 6.45) is 0.637. The Bertz CT molecular complexity index is 477. The molecule has 0 aliphatic carbocycles. The Hall–Kier alpha value is -2.03. The molecular weight excluding hydrogens is 250 g/mol. The maximum Gasteiger partial charge on any atom is 0.271 e. The number of benzene rings is 1. The number of nitro groups is 1.